The predicted octanol–water partition coefficient (Wildman–Crippen LogP) is 3.07. The molecule has 96 valence electrons. The normalized spacial score (nSPS) is 11.8. The molecule has 0 atom stereocenters. The third-order valence-corrected chi connectivity index (χ3v) is 2.75. The van der Waals surface area contributed by atoms with E-state index in [1.54, 1.807) is 0 Å². The molecule has 0 aliphatic carbocycles. The maximum absolute atomic E-state index is 4.56. The van der Waals surface area contributed by atoms with Gasteiger partial charge in [-0.1, -0.05) is 6.07 Å². The summed E-state index contributed by atoms with van der Waals surface area (Å²) < 4.78 is 2.13. The van der Waals surface area contributed by atoms with Crippen molar-refractivity contribution in [2.45, 2.75) is 39.8 Å². The quantitative estimate of drug-likeness (QED) is 0.898. The Hall–Kier alpha value is -1.61. The Morgan fingerprint density at radius 2 is 1.94 bits per heavy atom. The molecular weight excluding hydrogens is 222 g/mol. The summed E-state index contributed by atoms with van der Waals surface area (Å²) in [5, 5.41) is 3.50. The van der Waals surface area contributed by atoms with Crippen LogP contribution in [-0.4, -0.2) is 15.1 Å². The fourth-order valence-electron chi connectivity index (χ4n) is 1.80. The Morgan fingerprint density at radius 1 is 1.17 bits per heavy atom. The topological polar surface area (TPSA) is 29.9 Å². The second-order valence-electron chi connectivity index (χ2n) is 5.61. The molecule has 0 bridgehead atoms. The van der Waals surface area contributed by atoms with E-state index in [0.717, 1.165) is 18.1 Å². The van der Waals surface area contributed by atoms with Crippen LogP contribution >= 0.6 is 0 Å². The molecule has 0 unspecified atom stereocenters. The van der Waals surface area contributed by atoms with Gasteiger partial charge in [-0.05, 0) is 52.0 Å². The summed E-state index contributed by atoms with van der Waals surface area (Å²) in [6, 6.07) is 10.3. The van der Waals surface area contributed by atoms with Gasteiger partial charge in [0.25, 0.3) is 0 Å². The molecule has 0 amide bonds. The molecule has 2 aromatic rings. The standard InChI is InChI=1S/C15H21N3/c1-12-7-5-9-14(17-12)18-10-6-8-13(18)11-16-15(2,3)4/h5-10,16H,11H2,1-4H3. The maximum Gasteiger partial charge on any atom is 0.137 e. The lowest BCUT2D eigenvalue weighted by Crippen LogP contribution is -2.35. The van der Waals surface area contributed by atoms with Gasteiger partial charge in [0.2, 0.25) is 0 Å². The lowest BCUT2D eigenvalue weighted by atomic mass is 10.1. The van der Waals surface area contributed by atoms with Crippen LogP contribution in [0.25, 0.3) is 5.82 Å². The highest BCUT2D eigenvalue weighted by Crippen LogP contribution is 2.12. The highest BCUT2D eigenvalue weighted by molar-refractivity contribution is 5.29. The Bertz CT molecular complexity index is 521. The molecule has 1 N–H and O–H groups in total. The Labute approximate surface area is 109 Å². The van der Waals surface area contributed by atoms with Crippen LogP contribution in [0.4, 0.5) is 0 Å². The molecule has 2 aromatic heterocycles. The largest absolute Gasteiger partial charge is 0.307 e. The summed E-state index contributed by atoms with van der Waals surface area (Å²) in [6.07, 6.45) is 2.06. The molecule has 18 heavy (non-hydrogen) atoms. The van der Waals surface area contributed by atoms with E-state index in [1.807, 2.05) is 25.1 Å². The van der Waals surface area contributed by atoms with Crippen molar-refractivity contribution in [3.05, 3.63) is 47.9 Å². The van der Waals surface area contributed by atoms with Crippen molar-refractivity contribution in [2.75, 3.05) is 0 Å². The van der Waals surface area contributed by atoms with Gasteiger partial charge < -0.3 is 9.88 Å². The van der Waals surface area contributed by atoms with Crippen molar-refractivity contribution in [2.24, 2.45) is 0 Å². The molecule has 0 aliphatic rings. The average Bonchev–Trinajstić information content (AvgIpc) is 2.73. The average molecular weight is 243 g/mol. The molecule has 3 heteroatoms. The number of hydrogen-bond acceptors (Lipinski definition) is 2. The second-order valence-corrected chi connectivity index (χ2v) is 5.61. The van der Waals surface area contributed by atoms with Crippen LogP contribution in [0, 0.1) is 6.92 Å². The van der Waals surface area contributed by atoms with E-state index in [9.17, 15) is 0 Å². The van der Waals surface area contributed by atoms with Gasteiger partial charge in [-0.3, -0.25) is 0 Å². The first-order valence-electron chi connectivity index (χ1n) is 6.31. The van der Waals surface area contributed by atoms with Crippen LogP contribution in [0.1, 0.15) is 32.2 Å². The molecular formula is C15H21N3. The van der Waals surface area contributed by atoms with Crippen LogP contribution in [0.2, 0.25) is 0 Å². The summed E-state index contributed by atoms with van der Waals surface area (Å²) in [6.45, 7) is 9.37. The number of aryl methyl sites for hydroxylation is 1. The van der Waals surface area contributed by atoms with Crippen LogP contribution < -0.4 is 5.32 Å². The lowest BCUT2D eigenvalue weighted by Gasteiger charge is -2.21. The molecule has 0 saturated heterocycles. The van der Waals surface area contributed by atoms with Crippen molar-refractivity contribution in [1.82, 2.24) is 14.9 Å². The van der Waals surface area contributed by atoms with E-state index in [0.29, 0.717) is 0 Å². The summed E-state index contributed by atoms with van der Waals surface area (Å²) in [4.78, 5) is 4.56. The summed E-state index contributed by atoms with van der Waals surface area (Å²) in [5.41, 5.74) is 2.38. The molecule has 0 aromatic carbocycles. The number of pyridine rings is 1. The summed E-state index contributed by atoms with van der Waals surface area (Å²) in [5.74, 6) is 0.978. The van der Waals surface area contributed by atoms with Gasteiger partial charge >= 0.3 is 0 Å². The smallest absolute Gasteiger partial charge is 0.137 e. The van der Waals surface area contributed by atoms with Crippen molar-refractivity contribution in [1.29, 1.82) is 0 Å². The number of nitrogens with zero attached hydrogens (tertiary/aromatic N) is 2. The minimum Gasteiger partial charge on any atom is -0.307 e. The minimum absolute atomic E-state index is 0.120. The summed E-state index contributed by atoms with van der Waals surface area (Å²) in [7, 11) is 0. The van der Waals surface area contributed by atoms with Crippen LogP contribution in [0.15, 0.2) is 36.5 Å². The van der Waals surface area contributed by atoms with Gasteiger partial charge in [0.15, 0.2) is 0 Å². The van der Waals surface area contributed by atoms with Crippen molar-refractivity contribution < 1.29 is 0 Å². The molecule has 0 radical (unpaired) electrons. The first kappa shape index (κ1) is 12.8. The van der Waals surface area contributed by atoms with Crippen LogP contribution in [-0.2, 0) is 6.54 Å². The van der Waals surface area contributed by atoms with E-state index in [-0.39, 0.29) is 5.54 Å². The Balaban J connectivity index is 2.23. The van der Waals surface area contributed by atoms with E-state index in [4.69, 9.17) is 0 Å². The monoisotopic (exact) mass is 243 g/mol. The van der Waals surface area contributed by atoms with Crippen molar-refractivity contribution in [3.63, 3.8) is 0 Å². The van der Waals surface area contributed by atoms with Crippen LogP contribution in [0.3, 0.4) is 0 Å². The van der Waals surface area contributed by atoms with Gasteiger partial charge in [-0.2, -0.15) is 0 Å². The molecule has 0 saturated carbocycles. The van der Waals surface area contributed by atoms with Crippen molar-refractivity contribution in [3.8, 4) is 5.82 Å². The zero-order valence-electron chi connectivity index (χ0n) is 11.6. The number of aromatic nitrogens is 2. The lowest BCUT2D eigenvalue weighted by molar-refractivity contribution is 0.419. The highest BCUT2D eigenvalue weighted by atomic mass is 15.1. The number of rotatable bonds is 3. The third-order valence-electron chi connectivity index (χ3n) is 2.75. The highest BCUT2D eigenvalue weighted by Gasteiger charge is 2.11. The zero-order chi connectivity index (χ0) is 13.2. The van der Waals surface area contributed by atoms with Gasteiger partial charge in [0, 0.05) is 29.7 Å². The Kier molecular flexibility index (Phi) is 3.53. The van der Waals surface area contributed by atoms with Crippen molar-refractivity contribution >= 4 is 0 Å². The second kappa shape index (κ2) is 4.94. The van der Waals surface area contributed by atoms with E-state index < -0.39 is 0 Å². The first-order chi connectivity index (χ1) is 8.46. The fraction of sp³-hybridized carbons (Fsp3) is 0.400. The SMILES string of the molecule is Cc1cccc(-n2cccc2CNC(C)(C)C)n1. The molecule has 3 nitrogen and oxygen atoms in total. The van der Waals surface area contributed by atoms with Gasteiger partial charge in [-0.25, -0.2) is 4.98 Å². The van der Waals surface area contributed by atoms with E-state index in [2.05, 4.69) is 54.0 Å². The fourth-order valence-corrected chi connectivity index (χ4v) is 1.80. The number of nitrogens with one attached hydrogen (secondary N) is 1. The van der Waals surface area contributed by atoms with E-state index in [1.165, 1.54) is 5.69 Å². The van der Waals surface area contributed by atoms with Gasteiger partial charge in [-0.15, -0.1) is 0 Å². The number of hydrogen-bond donors (Lipinski definition) is 1. The molecule has 0 aliphatic heterocycles. The molecule has 0 fully saturated rings. The first-order valence-corrected chi connectivity index (χ1v) is 6.31. The van der Waals surface area contributed by atoms with Gasteiger partial charge in [0.05, 0.1) is 0 Å². The third kappa shape index (κ3) is 3.20. The molecule has 2 rings (SSSR count). The molecule has 2 heterocycles. The predicted molar refractivity (Wildman–Crippen MR) is 74.9 cm³/mol. The summed E-state index contributed by atoms with van der Waals surface area (Å²) >= 11 is 0. The van der Waals surface area contributed by atoms with Gasteiger partial charge in [0.1, 0.15) is 5.82 Å². The minimum atomic E-state index is 0.120. The Morgan fingerprint density at radius 3 is 2.61 bits per heavy atom. The van der Waals surface area contributed by atoms with E-state index >= 15 is 0 Å². The molecule has 0 spiro atoms. The zero-order valence-corrected chi connectivity index (χ0v) is 11.6. The van der Waals surface area contributed by atoms with Crippen LogP contribution in [0.5, 0.6) is 0 Å². The maximum atomic E-state index is 4.56.